The predicted molar refractivity (Wildman–Crippen MR) is 108 cm³/mol. The molecule has 1 fully saturated rings. The fourth-order valence-corrected chi connectivity index (χ4v) is 4.24. The summed E-state index contributed by atoms with van der Waals surface area (Å²) in [5, 5.41) is 9.74. The fraction of sp³-hybridized carbons (Fsp3) is 0.429. The summed E-state index contributed by atoms with van der Waals surface area (Å²) in [6.45, 7) is 2.99. The molecule has 0 unspecified atom stereocenters. The van der Waals surface area contributed by atoms with Crippen LogP contribution in [0.25, 0.3) is 11.3 Å². The van der Waals surface area contributed by atoms with Gasteiger partial charge >= 0.3 is 5.97 Å². The molecule has 4 nitrogen and oxygen atoms in total. The molecule has 1 aliphatic heterocycles. The van der Waals surface area contributed by atoms with Gasteiger partial charge in [0.05, 0.1) is 10.7 Å². The molecule has 1 aromatic carbocycles. The van der Waals surface area contributed by atoms with Crippen LogP contribution < -0.4 is 4.90 Å². The Balaban J connectivity index is 1.78. The predicted octanol–water partition coefficient (Wildman–Crippen LogP) is 5.22. The maximum absolute atomic E-state index is 14.8. The molecule has 2 heterocycles. The number of carbonyl (C=O) groups is 1. The summed E-state index contributed by atoms with van der Waals surface area (Å²) in [4.78, 5) is 17.0. The quantitative estimate of drug-likeness (QED) is 0.639. The molecule has 0 amide bonds. The number of piperidine rings is 1. The van der Waals surface area contributed by atoms with Gasteiger partial charge in [-0.15, -0.1) is 11.8 Å². The van der Waals surface area contributed by atoms with Gasteiger partial charge < -0.3 is 10.0 Å². The van der Waals surface area contributed by atoms with Crippen LogP contribution >= 0.6 is 11.8 Å². The standard InChI is InChI=1S/C21H24F2N2O2S/c1-2-10-28-19-5-3-4-18(24-19)15-12-16(22)21(17(23)13-15)25-8-6-14(7-9-25)11-20(26)27/h3-5,12-14H,2,6-11H2,1H3,(H,26,27). The fourth-order valence-electron chi connectivity index (χ4n) is 3.49. The molecule has 0 spiro atoms. The van der Waals surface area contributed by atoms with Gasteiger partial charge in [0.1, 0.15) is 17.3 Å². The van der Waals surface area contributed by atoms with Gasteiger partial charge in [-0.25, -0.2) is 13.8 Å². The number of hydrogen-bond acceptors (Lipinski definition) is 4. The molecular weight excluding hydrogens is 382 g/mol. The van der Waals surface area contributed by atoms with Crippen LogP contribution in [0.5, 0.6) is 0 Å². The molecule has 150 valence electrons. The third-order valence-corrected chi connectivity index (χ3v) is 6.02. The first kappa shape index (κ1) is 20.6. The molecule has 1 saturated heterocycles. The number of benzene rings is 1. The number of halogens is 2. The van der Waals surface area contributed by atoms with Crippen molar-refractivity contribution in [2.24, 2.45) is 5.92 Å². The maximum atomic E-state index is 14.8. The molecule has 2 aromatic rings. The molecule has 0 bridgehead atoms. The van der Waals surface area contributed by atoms with E-state index in [0.717, 1.165) is 17.2 Å². The van der Waals surface area contributed by atoms with E-state index in [1.54, 1.807) is 22.7 Å². The SMILES string of the molecule is CCCSc1cccc(-c2cc(F)c(N3CCC(CC(=O)O)CC3)c(F)c2)n1. The van der Waals surface area contributed by atoms with Crippen molar-refractivity contribution in [1.29, 1.82) is 0 Å². The Bertz CT molecular complexity index is 816. The molecule has 1 aromatic heterocycles. The Labute approximate surface area is 168 Å². The number of nitrogens with zero attached hydrogens (tertiary/aromatic N) is 2. The number of anilines is 1. The number of hydrogen-bond donors (Lipinski definition) is 1. The van der Waals surface area contributed by atoms with Crippen molar-refractivity contribution in [2.75, 3.05) is 23.7 Å². The smallest absolute Gasteiger partial charge is 0.303 e. The Kier molecular flexibility index (Phi) is 6.88. The van der Waals surface area contributed by atoms with E-state index in [4.69, 9.17) is 5.11 Å². The second-order valence-electron chi connectivity index (χ2n) is 7.03. The lowest BCUT2D eigenvalue weighted by atomic mass is 9.93. The molecule has 0 saturated carbocycles. The van der Waals surface area contributed by atoms with E-state index >= 15 is 0 Å². The lowest BCUT2D eigenvalue weighted by Crippen LogP contribution is -2.35. The van der Waals surface area contributed by atoms with E-state index in [2.05, 4.69) is 11.9 Å². The zero-order valence-corrected chi connectivity index (χ0v) is 16.6. The highest BCUT2D eigenvalue weighted by atomic mass is 32.2. The van der Waals surface area contributed by atoms with Gasteiger partial charge in [0.2, 0.25) is 0 Å². The summed E-state index contributed by atoms with van der Waals surface area (Å²) in [7, 11) is 0. The first-order chi connectivity index (χ1) is 13.5. The molecular formula is C21H24F2N2O2S. The van der Waals surface area contributed by atoms with Crippen LogP contribution in [0.2, 0.25) is 0 Å². The van der Waals surface area contributed by atoms with Gasteiger partial charge in [-0.3, -0.25) is 4.79 Å². The first-order valence-electron chi connectivity index (χ1n) is 9.54. The summed E-state index contributed by atoms with van der Waals surface area (Å²) in [5.74, 6) is -1.05. The average molecular weight is 406 g/mol. The van der Waals surface area contributed by atoms with Gasteiger partial charge in [-0.1, -0.05) is 13.0 Å². The van der Waals surface area contributed by atoms with Crippen LogP contribution in [0, 0.1) is 17.6 Å². The van der Waals surface area contributed by atoms with Crippen LogP contribution in [0.4, 0.5) is 14.5 Å². The number of aliphatic carboxylic acids is 1. The Morgan fingerprint density at radius 2 is 1.93 bits per heavy atom. The monoisotopic (exact) mass is 406 g/mol. The molecule has 1 N–H and O–H groups in total. The van der Waals surface area contributed by atoms with E-state index in [1.165, 1.54) is 12.1 Å². The van der Waals surface area contributed by atoms with Crippen molar-refractivity contribution < 1.29 is 18.7 Å². The van der Waals surface area contributed by atoms with Crippen molar-refractivity contribution in [1.82, 2.24) is 4.98 Å². The minimum Gasteiger partial charge on any atom is -0.481 e. The summed E-state index contributed by atoms with van der Waals surface area (Å²) in [5.41, 5.74) is 0.929. The normalized spacial score (nSPS) is 15.0. The number of pyridine rings is 1. The van der Waals surface area contributed by atoms with Crippen molar-refractivity contribution >= 4 is 23.4 Å². The highest BCUT2D eigenvalue weighted by molar-refractivity contribution is 7.99. The summed E-state index contributed by atoms with van der Waals surface area (Å²) in [6, 6.07) is 8.15. The molecule has 1 aliphatic rings. The van der Waals surface area contributed by atoms with Crippen molar-refractivity contribution in [3.63, 3.8) is 0 Å². The van der Waals surface area contributed by atoms with Crippen molar-refractivity contribution in [3.8, 4) is 11.3 Å². The molecule has 7 heteroatoms. The molecule has 0 aliphatic carbocycles. The highest BCUT2D eigenvalue weighted by Gasteiger charge is 2.25. The largest absolute Gasteiger partial charge is 0.481 e. The van der Waals surface area contributed by atoms with Crippen LogP contribution in [0.15, 0.2) is 35.4 Å². The zero-order chi connectivity index (χ0) is 20.1. The van der Waals surface area contributed by atoms with E-state index in [1.807, 2.05) is 12.1 Å². The van der Waals surface area contributed by atoms with Gasteiger partial charge in [-0.2, -0.15) is 0 Å². The molecule has 0 radical (unpaired) electrons. The Morgan fingerprint density at radius 3 is 2.54 bits per heavy atom. The third kappa shape index (κ3) is 5.01. The van der Waals surface area contributed by atoms with Gasteiger partial charge in [-0.05, 0) is 55.2 Å². The van der Waals surface area contributed by atoms with Crippen LogP contribution in [-0.2, 0) is 4.79 Å². The van der Waals surface area contributed by atoms with E-state index < -0.39 is 17.6 Å². The third-order valence-electron chi connectivity index (χ3n) is 4.88. The number of carboxylic acid groups (broad SMARTS) is 1. The van der Waals surface area contributed by atoms with Gasteiger partial charge in [0, 0.05) is 25.1 Å². The molecule has 0 atom stereocenters. The summed E-state index contributed by atoms with van der Waals surface area (Å²) in [6.07, 6.45) is 2.36. The zero-order valence-electron chi connectivity index (χ0n) is 15.8. The summed E-state index contributed by atoms with van der Waals surface area (Å²) < 4.78 is 29.6. The van der Waals surface area contributed by atoms with Crippen LogP contribution in [0.3, 0.4) is 0 Å². The van der Waals surface area contributed by atoms with Gasteiger partial charge in [0.25, 0.3) is 0 Å². The highest BCUT2D eigenvalue weighted by Crippen LogP contribution is 2.33. The Hall–Kier alpha value is -2.15. The number of thioether (sulfide) groups is 1. The molecule has 3 rings (SSSR count). The maximum Gasteiger partial charge on any atom is 0.303 e. The van der Waals surface area contributed by atoms with Gasteiger partial charge in [0.15, 0.2) is 0 Å². The summed E-state index contributed by atoms with van der Waals surface area (Å²) >= 11 is 1.62. The Morgan fingerprint density at radius 1 is 1.25 bits per heavy atom. The van der Waals surface area contributed by atoms with E-state index in [-0.39, 0.29) is 18.0 Å². The second-order valence-corrected chi connectivity index (χ2v) is 8.14. The van der Waals surface area contributed by atoms with Crippen molar-refractivity contribution in [3.05, 3.63) is 42.0 Å². The number of carboxylic acids is 1. The number of rotatable bonds is 7. The van der Waals surface area contributed by atoms with Crippen LogP contribution in [-0.4, -0.2) is 34.9 Å². The lowest BCUT2D eigenvalue weighted by molar-refractivity contribution is -0.138. The van der Waals surface area contributed by atoms with E-state index in [0.29, 0.717) is 37.2 Å². The van der Waals surface area contributed by atoms with E-state index in [9.17, 15) is 13.6 Å². The minimum atomic E-state index is -0.827. The average Bonchev–Trinajstić information content (AvgIpc) is 2.67. The van der Waals surface area contributed by atoms with Crippen LogP contribution in [0.1, 0.15) is 32.6 Å². The number of aromatic nitrogens is 1. The molecule has 28 heavy (non-hydrogen) atoms. The topological polar surface area (TPSA) is 53.4 Å². The minimum absolute atomic E-state index is 0.0333. The second kappa shape index (κ2) is 9.37. The lowest BCUT2D eigenvalue weighted by Gasteiger charge is -2.33. The van der Waals surface area contributed by atoms with Crippen molar-refractivity contribution in [2.45, 2.75) is 37.6 Å². The first-order valence-corrected chi connectivity index (χ1v) is 10.5.